The Morgan fingerprint density at radius 1 is 1.50 bits per heavy atom. The minimum Gasteiger partial charge on any atom is -1.00 e. The number of thioether (sulfide) groups is 1. The number of amidine groups is 1. The van der Waals surface area contributed by atoms with Crippen LogP contribution in [0.1, 0.15) is 0 Å². The molecule has 3 aliphatic rings. The van der Waals surface area contributed by atoms with Gasteiger partial charge in [0.15, 0.2) is 15.9 Å². The summed E-state index contributed by atoms with van der Waals surface area (Å²) in [5.74, 6) is 0.626. The largest absolute Gasteiger partial charge is 1.00 e. The van der Waals surface area contributed by atoms with E-state index in [1.54, 1.807) is 0 Å². The molecule has 1 saturated heterocycles. The molecule has 0 aromatic rings. The predicted molar refractivity (Wildman–Crippen MR) is 64.7 cm³/mol. The van der Waals surface area contributed by atoms with Gasteiger partial charge in [0.05, 0.1) is 23.3 Å². The van der Waals surface area contributed by atoms with Crippen molar-refractivity contribution < 1.29 is 30.0 Å². The molecule has 1 fully saturated rings. The predicted octanol–water partition coefficient (Wildman–Crippen LogP) is -3.36. The van der Waals surface area contributed by atoms with Gasteiger partial charge in [-0.2, -0.15) is 0 Å². The summed E-state index contributed by atoms with van der Waals surface area (Å²) in [6.45, 7) is 0.967. The van der Waals surface area contributed by atoms with E-state index in [1.165, 1.54) is 5.17 Å². The molecule has 0 bridgehead atoms. The first-order chi connectivity index (χ1) is 7.09. The summed E-state index contributed by atoms with van der Waals surface area (Å²) in [6.07, 6.45) is 0. The molecule has 0 spiro atoms. The lowest BCUT2D eigenvalue weighted by Crippen LogP contribution is -3.00. The monoisotopic (exact) mass is 390 g/mol. The van der Waals surface area contributed by atoms with Crippen LogP contribution < -0.4 is 22.3 Å². The van der Waals surface area contributed by atoms with E-state index in [1.807, 2.05) is 11.8 Å². The Morgan fingerprint density at radius 2 is 2.25 bits per heavy atom. The molecule has 8 heteroatoms. The Labute approximate surface area is 118 Å². The van der Waals surface area contributed by atoms with Crippen molar-refractivity contribution in [3.63, 3.8) is 0 Å². The van der Waals surface area contributed by atoms with Gasteiger partial charge in [-0.25, -0.2) is 13.0 Å². The van der Waals surface area contributed by atoms with Gasteiger partial charge in [0.25, 0.3) is 0 Å². The van der Waals surface area contributed by atoms with Crippen LogP contribution in [-0.2, 0) is 9.84 Å². The fraction of sp³-hybridized carbons (Fsp3) is 0.875. The van der Waals surface area contributed by atoms with Crippen molar-refractivity contribution in [1.29, 1.82) is 0 Å². The highest BCUT2D eigenvalue weighted by atomic mass is 79.9. The molecular weight excluding hydrogens is 380 g/mol. The SMILES string of the molecule is O=S1(=O)CC2NC3=[N+](CC(CBr)S3)C2C1.[Br-]. The van der Waals surface area contributed by atoms with Crippen LogP contribution in [0.15, 0.2) is 0 Å². The molecule has 3 atom stereocenters. The van der Waals surface area contributed by atoms with Gasteiger partial charge in [-0.15, -0.1) is 0 Å². The van der Waals surface area contributed by atoms with Crippen molar-refractivity contribution in [2.24, 2.45) is 0 Å². The Balaban J connectivity index is 0.000000963. The topological polar surface area (TPSA) is 49.2 Å². The van der Waals surface area contributed by atoms with Gasteiger partial charge < -0.3 is 17.0 Å². The van der Waals surface area contributed by atoms with Crippen molar-refractivity contribution in [2.45, 2.75) is 17.3 Å². The van der Waals surface area contributed by atoms with Gasteiger partial charge in [0.2, 0.25) is 0 Å². The van der Waals surface area contributed by atoms with Crippen LogP contribution in [0.2, 0.25) is 0 Å². The second kappa shape index (κ2) is 4.44. The first-order valence-corrected chi connectivity index (χ1v) is 8.74. The quantitative estimate of drug-likeness (QED) is 0.374. The minimum absolute atomic E-state index is 0. The number of hydrogen-bond acceptors (Lipinski definition) is 4. The summed E-state index contributed by atoms with van der Waals surface area (Å²) >= 11 is 5.30. The van der Waals surface area contributed by atoms with E-state index in [9.17, 15) is 8.42 Å². The van der Waals surface area contributed by atoms with Crippen LogP contribution in [0, 0.1) is 0 Å². The summed E-state index contributed by atoms with van der Waals surface area (Å²) in [4.78, 5) is 0. The number of nitrogens with one attached hydrogen (secondary N) is 1. The number of sulfone groups is 1. The van der Waals surface area contributed by atoms with Crippen molar-refractivity contribution in [1.82, 2.24) is 5.32 Å². The highest BCUT2D eigenvalue weighted by Crippen LogP contribution is 2.31. The highest BCUT2D eigenvalue weighted by molar-refractivity contribution is 9.09. The Kier molecular flexibility index (Phi) is 3.65. The van der Waals surface area contributed by atoms with Gasteiger partial charge >= 0.3 is 5.17 Å². The van der Waals surface area contributed by atoms with E-state index >= 15 is 0 Å². The zero-order valence-corrected chi connectivity index (χ0v) is 13.2. The molecular formula is C8H12Br2N2O2S2. The summed E-state index contributed by atoms with van der Waals surface area (Å²) in [7, 11) is -2.81. The number of rotatable bonds is 1. The molecule has 16 heavy (non-hydrogen) atoms. The molecule has 0 saturated carbocycles. The molecule has 0 aromatic heterocycles. The van der Waals surface area contributed by atoms with E-state index in [0.717, 1.165) is 11.9 Å². The summed E-state index contributed by atoms with van der Waals surface area (Å²) in [5, 5.41) is 6.04. The van der Waals surface area contributed by atoms with Gasteiger partial charge in [-0.1, -0.05) is 15.9 Å². The molecule has 3 heterocycles. The molecule has 92 valence electrons. The lowest BCUT2D eigenvalue weighted by molar-refractivity contribution is -0.546. The first kappa shape index (κ1) is 13.2. The maximum absolute atomic E-state index is 11.5. The normalized spacial score (nSPS) is 38.9. The molecule has 0 amide bonds. The second-order valence-electron chi connectivity index (χ2n) is 4.25. The summed E-state index contributed by atoms with van der Waals surface area (Å²) in [5.41, 5.74) is 0. The lowest BCUT2D eigenvalue weighted by atomic mass is 10.2. The minimum atomic E-state index is -2.81. The second-order valence-corrected chi connectivity index (χ2v) is 8.34. The summed E-state index contributed by atoms with van der Waals surface area (Å²) < 4.78 is 25.2. The van der Waals surface area contributed by atoms with Crippen molar-refractivity contribution in [3.05, 3.63) is 0 Å². The standard InChI is InChI=1S/C8H11BrN2O2S2.BrH/c9-1-5-2-11-7-4-15(12,13)3-6(7)10-8(11)14-5;/h5-7H,1-4H2;1H. The van der Waals surface area contributed by atoms with Crippen LogP contribution in [0.5, 0.6) is 0 Å². The molecule has 3 aliphatic heterocycles. The average Bonchev–Trinajstić information content (AvgIpc) is 2.72. The molecule has 0 radical (unpaired) electrons. The van der Waals surface area contributed by atoms with E-state index in [0.29, 0.717) is 16.8 Å². The molecule has 3 unspecified atom stereocenters. The van der Waals surface area contributed by atoms with E-state index in [2.05, 4.69) is 25.8 Å². The zero-order chi connectivity index (χ0) is 10.6. The number of alkyl halides is 1. The molecule has 1 N–H and O–H groups in total. The average molecular weight is 392 g/mol. The maximum Gasteiger partial charge on any atom is 0.307 e. The smallest absolute Gasteiger partial charge is 0.307 e. The van der Waals surface area contributed by atoms with Crippen LogP contribution in [-0.4, -0.2) is 58.9 Å². The third-order valence-corrected chi connectivity index (χ3v) is 7.29. The fourth-order valence-electron chi connectivity index (χ4n) is 2.48. The van der Waals surface area contributed by atoms with Crippen LogP contribution >= 0.6 is 27.7 Å². The van der Waals surface area contributed by atoms with Crippen molar-refractivity contribution in [2.75, 3.05) is 23.4 Å². The molecule has 4 nitrogen and oxygen atoms in total. The van der Waals surface area contributed by atoms with E-state index in [-0.39, 0.29) is 29.1 Å². The Bertz CT molecular complexity index is 437. The first-order valence-electron chi connectivity index (χ1n) is 4.92. The fourth-order valence-corrected chi connectivity index (χ4v) is 6.18. The zero-order valence-electron chi connectivity index (χ0n) is 8.40. The maximum atomic E-state index is 11.5. The molecule has 0 aliphatic carbocycles. The van der Waals surface area contributed by atoms with E-state index < -0.39 is 9.84 Å². The van der Waals surface area contributed by atoms with Gasteiger partial charge in [0.1, 0.15) is 6.04 Å². The third-order valence-electron chi connectivity index (χ3n) is 3.14. The Morgan fingerprint density at radius 3 is 2.94 bits per heavy atom. The van der Waals surface area contributed by atoms with Crippen LogP contribution in [0.4, 0.5) is 0 Å². The number of hydrogen-bond donors (Lipinski definition) is 1. The number of fused-ring (bicyclic) bond motifs is 2. The Hall–Kier alpha value is 0.730. The number of halogens is 2. The molecule has 0 aromatic carbocycles. The van der Waals surface area contributed by atoms with Crippen molar-refractivity contribution in [3.8, 4) is 0 Å². The lowest BCUT2D eigenvalue weighted by Gasteiger charge is -2.09. The summed E-state index contributed by atoms with van der Waals surface area (Å²) in [6, 6.07) is 0.315. The van der Waals surface area contributed by atoms with Gasteiger partial charge in [-0.05, 0) is 11.8 Å². The third kappa shape index (κ3) is 2.06. The number of nitrogens with zero attached hydrogens (tertiary/aromatic N) is 1. The van der Waals surface area contributed by atoms with Gasteiger partial charge in [-0.3, -0.25) is 5.32 Å². The van der Waals surface area contributed by atoms with Crippen molar-refractivity contribution >= 4 is 42.7 Å². The van der Waals surface area contributed by atoms with Gasteiger partial charge in [0, 0.05) is 5.33 Å². The van der Waals surface area contributed by atoms with Crippen LogP contribution in [0.3, 0.4) is 0 Å². The molecule has 3 rings (SSSR count). The van der Waals surface area contributed by atoms with Crippen LogP contribution in [0.25, 0.3) is 0 Å². The highest BCUT2D eigenvalue weighted by Gasteiger charge is 2.53. The van der Waals surface area contributed by atoms with E-state index in [4.69, 9.17) is 0 Å².